The SMILES string of the molecule is NN(c1ccccc1)c1cc[n+]([O-])cc1C(=O)O. The molecular weight excluding hydrogens is 234 g/mol. The van der Waals surface area contributed by atoms with Crippen molar-refractivity contribution in [3.05, 3.63) is 59.6 Å². The second kappa shape index (κ2) is 4.72. The smallest absolute Gasteiger partial charge is 0.344 e. The number of aromatic carboxylic acids is 1. The summed E-state index contributed by atoms with van der Waals surface area (Å²) in [4.78, 5) is 11.1. The van der Waals surface area contributed by atoms with Crippen LogP contribution in [0.15, 0.2) is 48.8 Å². The van der Waals surface area contributed by atoms with Crippen LogP contribution in [0.2, 0.25) is 0 Å². The van der Waals surface area contributed by atoms with E-state index < -0.39 is 5.97 Å². The van der Waals surface area contributed by atoms with Crippen molar-refractivity contribution < 1.29 is 14.6 Å². The molecule has 0 radical (unpaired) electrons. The third-order valence-electron chi connectivity index (χ3n) is 2.44. The van der Waals surface area contributed by atoms with Gasteiger partial charge in [0.2, 0.25) is 0 Å². The fraction of sp³-hybridized carbons (Fsp3) is 0. The van der Waals surface area contributed by atoms with E-state index >= 15 is 0 Å². The van der Waals surface area contributed by atoms with Crippen LogP contribution in [0.3, 0.4) is 0 Å². The highest BCUT2D eigenvalue weighted by atomic mass is 16.5. The van der Waals surface area contributed by atoms with Crippen LogP contribution in [0, 0.1) is 5.21 Å². The van der Waals surface area contributed by atoms with Gasteiger partial charge in [0, 0.05) is 6.07 Å². The minimum absolute atomic E-state index is 0.154. The summed E-state index contributed by atoms with van der Waals surface area (Å²) < 4.78 is 0.422. The molecule has 0 fully saturated rings. The normalized spacial score (nSPS) is 10.1. The quantitative estimate of drug-likeness (QED) is 0.364. The lowest BCUT2D eigenvalue weighted by molar-refractivity contribution is -0.605. The summed E-state index contributed by atoms with van der Waals surface area (Å²) in [5.74, 6) is 4.66. The van der Waals surface area contributed by atoms with Gasteiger partial charge in [-0.1, -0.05) is 18.2 Å². The summed E-state index contributed by atoms with van der Waals surface area (Å²) in [6.45, 7) is 0. The number of anilines is 2. The molecule has 92 valence electrons. The molecule has 6 nitrogen and oxygen atoms in total. The van der Waals surface area contributed by atoms with Crippen molar-refractivity contribution in [1.29, 1.82) is 0 Å². The van der Waals surface area contributed by atoms with Gasteiger partial charge in [-0.25, -0.2) is 10.6 Å². The number of carboxylic acid groups (broad SMARTS) is 1. The summed E-state index contributed by atoms with van der Waals surface area (Å²) in [5, 5.41) is 21.4. The van der Waals surface area contributed by atoms with Gasteiger partial charge in [-0.2, -0.15) is 4.73 Å². The zero-order chi connectivity index (χ0) is 13.1. The van der Waals surface area contributed by atoms with Crippen LogP contribution in [-0.4, -0.2) is 11.1 Å². The molecule has 2 aromatic rings. The predicted molar refractivity (Wildman–Crippen MR) is 65.1 cm³/mol. The van der Waals surface area contributed by atoms with Gasteiger partial charge in [-0.3, -0.25) is 5.01 Å². The number of carbonyl (C=O) groups is 1. The molecule has 1 heterocycles. The minimum Gasteiger partial charge on any atom is -0.619 e. The van der Waals surface area contributed by atoms with E-state index in [-0.39, 0.29) is 11.3 Å². The monoisotopic (exact) mass is 245 g/mol. The lowest BCUT2D eigenvalue weighted by Gasteiger charge is -2.19. The molecule has 2 rings (SSSR count). The first kappa shape index (κ1) is 11.9. The maximum absolute atomic E-state index is 11.1. The lowest BCUT2D eigenvalue weighted by Crippen LogP contribution is -2.31. The number of carboxylic acids is 1. The highest BCUT2D eigenvalue weighted by Gasteiger charge is 2.18. The average molecular weight is 245 g/mol. The molecule has 1 aromatic carbocycles. The number of aromatic nitrogens is 1. The number of benzene rings is 1. The molecule has 18 heavy (non-hydrogen) atoms. The van der Waals surface area contributed by atoms with Gasteiger partial charge in [0.15, 0.2) is 12.4 Å². The van der Waals surface area contributed by atoms with Crippen LogP contribution in [0.25, 0.3) is 0 Å². The number of hydrogen-bond donors (Lipinski definition) is 2. The van der Waals surface area contributed by atoms with E-state index in [0.717, 1.165) is 6.20 Å². The Hall–Kier alpha value is -2.60. The molecule has 1 aromatic heterocycles. The molecule has 0 atom stereocenters. The number of rotatable bonds is 3. The molecule has 6 heteroatoms. The Bertz CT molecular complexity index is 572. The van der Waals surface area contributed by atoms with Crippen LogP contribution in [-0.2, 0) is 0 Å². The van der Waals surface area contributed by atoms with Gasteiger partial charge in [0.25, 0.3) is 0 Å². The molecule has 0 aliphatic heterocycles. The summed E-state index contributed by atoms with van der Waals surface area (Å²) in [6.07, 6.45) is 2.17. The maximum Gasteiger partial charge on any atom is 0.344 e. The average Bonchev–Trinajstić information content (AvgIpc) is 2.39. The fourth-order valence-electron chi connectivity index (χ4n) is 1.57. The summed E-state index contributed by atoms with van der Waals surface area (Å²) in [7, 11) is 0. The highest BCUT2D eigenvalue weighted by Crippen LogP contribution is 2.23. The Morgan fingerprint density at radius 1 is 1.28 bits per heavy atom. The highest BCUT2D eigenvalue weighted by molar-refractivity contribution is 5.94. The molecule has 0 saturated carbocycles. The Morgan fingerprint density at radius 2 is 1.94 bits per heavy atom. The van der Waals surface area contributed by atoms with Gasteiger partial charge in [-0.05, 0) is 12.1 Å². The first-order chi connectivity index (χ1) is 8.59. The second-order valence-electron chi connectivity index (χ2n) is 3.61. The van der Waals surface area contributed by atoms with Crippen molar-refractivity contribution >= 4 is 17.3 Å². The van der Waals surface area contributed by atoms with Crippen molar-refractivity contribution in [1.82, 2.24) is 0 Å². The fourth-order valence-corrected chi connectivity index (χ4v) is 1.57. The van der Waals surface area contributed by atoms with E-state index in [0.29, 0.717) is 10.4 Å². The van der Waals surface area contributed by atoms with E-state index in [4.69, 9.17) is 10.9 Å². The number of hydrogen-bond acceptors (Lipinski definition) is 4. The van der Waals surface area contributed by atoms with Crippen molar-refractivity contribution in [3.8, 4) is 0 Å². The van der Waals surface area contributed by atoms with Crippen LogP contribution in [0.1, 0.15) is 10.4 Å². The molecule has 0 saturated heterocycles. The Morgan fingerprint density at radius 3 is 2.56 bits per heavy atom. The van der Waals surface area contributed by atoms with Crippen LogP contribution < -0.4 is 15.6 Å². The summed E-state index contributed by atoms with van der Waals surface area (Å²) in [6, 6.07) is 10.2. The molecule has 0 amide bonds. The van der Waals surface area contributed by atoms with E-state index in [2.05, 4.69) is 0 Å². The first-order valence-electron chi connectivity index (χ1n) is 5.15. The topological polar surface area (TPSA) is 93.5 Å². The number of nitrogens with two attached hydrogens (primary N) is 1. The van der Waals surface area contributed by atoms with Crippen LogP contribution in [0.5, 0.6) is 0 Å². The van der Waals surface area contributed by atoms with Gasteiger partial charge >= 0.3 is 5.97 Å². The zero-order valence-corrected chi connectivity index (χ0v) is 9.35. The van der Waals surface area contributed by atoms with E-state index in [1.165, 1.54) is 17.3 Å². The summed E-state index contributed by atoms with van der Waals surface area (Å²) >= 11 is 0. The van der Waals surface area contributed by atoms with Gasteiger partial charge in [-0.15, -0.1) is 0 Å². The van der Waals surface area contributed by atoms with Crippen molar-refractivity contribution in [2.75, 3.05) is 5.01 Å². The van der Waals surface area contributed by atoms with Crippen molar-refractivity contribution in [2.45, 2.75) is 0 Å². The molecule has 0 bridgehead atoms. The Labute approximate surface area is 103 Å². The minimum atomic E-state index is -1.21. The Kier molecular flexibility index (Phi) is 3.11. The van der Waals surface area contributed by atoms with Crippen LogP contribution >= 0.6 is 0 Å². The molecular formula is C12H11N3O3. The largest absolute Gasteiger partial charge is 0.619 e. The van der Waals surface area contributed by atoms with Crippen molar-refractivity contribution in [3.63, 3.8) is 0 Å². The lowest BCUT2D eigenvalue weighted by atomic mass is 10.2. The van der Waals surface area contributed by atoms with Crippen LogP contribution in [0.4, 0.5) is 11.4 Å². The standard InChI is InChI=1S/C12H11N3O3/c13-15(9-4-2-1-3-5-9)11-6-7-14(18)8-10(11)12(16)17/h1-8H,13H2,(H,16,17). The molecule has 0 spiro atoms. The van der Waals surface area contributed by atoms with Gasteiger partial charge in [0.1, 0.15) is 5.56 Å². The third-order valence-corrected chi connectivity index (χ3v) is 2.44. The van der Waals surface area contributed by atoms with E-state index in [1.807, 2.05) is 6.07 Å². The molecule has 0 aliphatic carbocycles. The van der Waals surface area contributed by atoms with E-state index in [9.17, 15) is 10.0 Å². The number of hydrazine groups is 1. The van der Waals surface area contributed by atoms with E-state index in [1.54, 1.807) is 24.3 Å². The van der Waals surface area contributed by atoms with Gasteiger partial charge < -0.3 is 10.3 Å². The predicted octanol–water partition coefficient (Wildman–Crippen LogP) is 1.03. The molecule has 0 unspecified atom stereocenters. The number of nitrogens with zero attached hydrogens (tertiary/aromatic N) is 2. The summed E-state index contributed by atoms with van der Waals surface area (Å²) in [5.41, 5.74) is 0.725. The zero-order valence-electron chi connectivity index (χ0n) is 9.35. The Balaban J connectivity index is 2.48. The number of para-hydroxylation sites is 1. The molecule has 0 aliphatic rings. The van der Waals surface area contributed by atoms with Crippen molar-refractivity contribution in [2.24, 2.45) is 5.84 Å². The second-order valence-corrected chi connectivity index (χ2v) is 3.61. The molecule has 3 N–H and O–H groups in total. The first-order valence-corrected chi connectivity index (χ1v) is 5.15. The van der Waals surface area contributed by atoms with Gasteiger partial charge in [0.05, 0.1) is 11.4 Å². The number of pyridine rings is 1. The maximum atomic E-state index is 11.1. The third kappa shape index (κ3) is 2.23.